The van der Waals surface area contributed by atoms with Crippen LogP contribution in [0.5, 0.6) is 0 Å². The van der Waals surface area contributed by atoms with E-state index in [1.165, 1.54) is 0 Å². The Morgan fingerprint density at radius 1 is 1.19 bits per heavy atom. The molecule has 0 saturated carbocycles. The van der Waals surface area contributed by atoms with E-state index in [1.54, 1.807) is 24.3 Å². The third-order valence-electron chi connectivity index (χ3n) is 2.94. The van der Waals surface area contributed by atoms with Crippen molar-refractivity contribution in [1.82, 2.24) is 5.32 Å². The van der Waals surface area contributed by atoms with Gasteiger partial charge in [0.25, 0.3) is 0 Å². The van der Waals surface area contributed by atoms with Crippen LogP contribution in [0.3, 0.4) is 0 Å². The van der Waals surface area contributed by atoms with Crippen molar-refractivity contribution in [2.24, 2.45) is 11.5 Å². The van der Waals surface area contributed by atoms with Gasteiger partial charge in [-0.3, -0.25) is 9.59 Å². The second-order valence-electron chi connectivity index (χ2n) is 4.70. The number of hydrogen-bond acceptors (Lipinski definition) is 4. The zero-order valence-corrected chi connectivity index (χ0v) is 11.5. The van der Waals surface area contributed by atoms with Crippen LogP contribution < -0.4 is 16.8 Å². The molecule has 2 amide bonds. The zero-order chi connectivity index (χ0) is 15.8. The van der Waals surface area contributed by atoms with Gasteiger partial charge in [0.15, 0.2) is 0 Å². The molecule has 7 heteroatoms. The first-order chi connectivity index (χ1) is 9.90. The summed E-state index contributed by atoms with van der Waals surface area (Å²) in [5.41, 5.74) is 11.4. The molecule has 0 radical (unpaired) electrons. The maximum absolute atomic E-state index is 11.8. The van der Waals surface area contributed by atoms with E-state index in [0.717, 1.165) is 5.56 Å². The molecule has 1 rings (SSSR count). The third-order valence-corrected chi connectivity index (χ3v) is 2.94. The number of nitrogens with one attached hydrogen (secondary N) is 1. The summed E-state index contributed by atoms with van der Waals surface area (Å²) in [6.45, 7) is 0. The lowest BCUT2D eigenvalue weighted by Gasteiger charge is -2.17. The lowest BCUT2D eigenvalue weighted by Crippen LogP contribution is -2.49. The van der Waals surface area contributed by atoms with E-state index in [2.05, 4.69) is 5.32 Å². The molecule has 114 valence electrons. The van der Waals surface area contributed by atoms with Gasteiger partial charge in [0.2, 0.25) is 11.8 Å². The van der Waals surface area contributed by atoms with Gasteiger partial charge in [0.1, 0.15) is 6.04 Å². The molecule has 0 aliphatic carbocycles. The summed E-state index contributed by atoms with van der Waals surface area (Å²) >= 11 is 0. The summed E-state index contributed by atoms with van der Waals surface area (Å²) in [5, 5.41) is 11.5. The van der Waals surface area contributed by atoms with Crippen molar-refractivity contribution in [3.05, 3.63) is 35.9 Å². The molecule has 0 saturated heterocycles. The van der Waals surface area contributed by atoms with Gasteiger partial charge in [-0.05, 0) is 12.0 Å². The van der Waals surface area contributed by atoms with Crippen molar-refractivity contribution in [1.29, 1.82) is 0 Å². The smallest absolute Gasteiger partial charge is 0.326 e. The standard InChI is InChI=1S/C14H19N3O4/c15-10(6-7-12(16)18)13(19)17-11(14(20)21)8-9-4-2-1-3-5-9/h1-5,10-11H,6-8,15H2,(H2,16,18)(H,17,19)(H,20,21). The van der Waals surface area contributed by atoms with Crippen molar-refractivity contribution in [2.75, 3.05) is 0 Å². The molecule has 21 heavy (non-hydrogen) atoms. The number of nitrogens with two attached hydrogens (primary N) is 2. The van der Waals surface area contributed by atoms with Crippen molar-refractivity contribution in [3.63, 3.8) is 0 Å². The molecule has 7 nitrogen and oxygen atoms in total. The highest BCUT2D eigenvalue weighted by Crippen LogP contribution is 2.04. The van der Waals surface area contributed by atoms with E-state index in [0.29, 0.717) is 0 Å². The molecule has 2 unspecified atom stereocenters. The molecule has 1 aromatic carbocycles. The third kappa shape index (κ3) is 6.05. The summed E-state index contributed by atoms with van der Waals surface area (Å²) < 4.78 is 0. The summed E-state index contributed by atoms with van der Waals surface area (Å²) in [4.78, 5) is 33.6. The predicted molar refractivity (Wildman–Crippen MR) is 76.1 cm³/mol. The van der Waals surface area contributed by atoms with Gasteiger partial charge in [0.05, 0.1) is 6.04 Å². The molecule has 0 aliphatic rings. The van der Waals surface area contributed by atoms with Gasteiger partial charge >= 0.3 is 5.97 Å². The molecular weight excluding hydrogens is 274 g/mol. The SMILES string of the molecule is NC(=O)CCC(N)C(=O)NC(Cc1ccccc1)C(=O)O. The van der Waals surface area contributed by atoms with Gasteiger partial charge in [-0.2, -0.15) is 0 Å². The predicted octanol–water partition coefficient (Wildman–Crippen LogP) is -0.609. The number of primary amides is 1. The van der Waals surface area contributed by atoms with E-state index in [9.17, 15) is 14.4 Å². The maximum atomic E-state index is 11.8. The molecule has 0 aliphatic heterocycles. The fraction of sp³-hybridized carbons (Fsp3) is 0.357. The quantitative estimate of drug-likeness (QED) is 0.507. The number of carbonyl (C=O) groups is 3. The summed E-state index contributed by atoms with van der Waals surface area (Å²) in [7, 11) is 0. The molecule has 0 aromatic heterocycles. The molecular formula is C14H19N3O4. The van der Waals surface area contributed by atoms with Gasteiger partial charge in [0, 0.05) is 12.8 Å². The van der Waals surface area contributed by atoms with Crippen LogP contribution in [0, 0.1) is 0 Å². The average molecular weight is 293 g/mol. The molecule has 1 aromatic rings. The van der Waals surface area contributed by atoms with Gasteiger partial charge < -0.3 is 21.9 Å². The van der Waals surface area contributed by atoms with E-state index in [-0.39, 0.29) is 19.3 Å². The maximum Gasteiger partial charge on any atom is 0.326 e. The molecule has 0 fully saturated rings. The van der Waals surface area contributed by atoms with Crippen LogP contribution in [-0.2, 0) is 20.8 Å². The number of carboxylic acids is 1. The summed E-state index contributed by atoms with van der Waals surface area (Å²) in [6, 6.07) is 6.90. The molecule has 0 bridgehead atoms. The van der Waals surface area contributed by atoms with Crippen LogP contribution in [0.15, 0.2) is 30.3 Å². The van der Waals surface area contributed by atoms with Gasteiger partial charge in [-0.15, -0.1) is 0 Å². The van der Waals surface area contributed by atoms with Crippen LogP contribution in [0.4, 0.5) is 0 Å². The zero-order valence-electron chi connectivity index (χ0n) is 11.5. The van der Waals surface area contributed by atoms with Crippen molar-refractivity contribution in [3.8, 4) is 0 Å². The van der Waals surface area contributed by atoms with Crippen LogP contribution in [0.25, 0.3) is 0 Å². The minimum absolute atomic E-state index is 0.0228. The highest BCUT2D eigenvalue weighted by atomic mass is 16.4. The van der Waals surface area contributed by atoms with Crippen molar-refractivity contribution < 1.29 is 19.5 Å². The van der Waals surface area contributed by atoms with E-state index in [4.69, 9.17) is 16.6 Å². The second-order valence-corrected chi connectivity index (χ2v) is 4.70. The lowest BCUT2D eigenvalue weighted by molar-refractivity contribution is -0.142. The Labute approximate surface area is 122 Å². The Kier molecular flexibility index (Phi) is 6.35. The first-order valence-corrected chi connectivity index (χ1v) is 6.51. The lowest BCUT2D eigenvalue weighted by atomic mass is 10.0. The first-order valence-electron chi connectivity index (χ1n) is 6.51. The molecule has 0 spiro atoms. The fourth-order valence-corrected chi connectivity index (χ4v) is 1.76. The van der Waals surface area contributed by atoms with Gasteiger partial charge in [-0.25, -0.2) is 4.79 Å². The van der Waals surface area contributed by atoms with Crippen LogP contribution >= 0.6 is 0 Å². The summed E-state index contributed by atoms with van der Waals surface area (Å²) in [5.74, 6) is -2.31. The summed E-state index contributed by atoms with van der Waals surface area (Å²) in [6.07, 6.45) is 0.217. The fourth-order valence-electron chi connectivity index (χ4n) is 1.76. The number of hydrogen-bond donors (Lipinski definition) is 4. The number of aliphatic carboxylic acids is 1. The molecule has 6 N–H and O–H groups in total. The minimum atomic E-state index is -1.14. The van der Waals surface area contributed by atoms with E-state index < -0.39 is 29.9 Å². The molecule has 0 heterocycles. The second kappa shape index (κ2) is 8.01. The van der Waals surface area contributed by atoms with Crippen LogP contribution in [-0.4, -0.2) is 35.0 Å². The van der Waals surface area contributed by atoms with Gasteiger partial charge in [-0.1, -0.05) is 30.3 Å². The minimum Gasteiger partial charge on any atom is -0.480 e. The normalized spacial score (nSPS) is 13.2. The number of benzene rings is 1. The Morgan fingerprint density at radius 3 is 2.33 bits per heavy atom. The average Bonchev–Trinajstić information content (AvgIpc) is 2.44. The molecule has 2 atom stereocenters. The Morgan fingerprint density at radius 2 is 1.81 bits per heavy atom. The number of carboxylic acid groups (broad SMARTS) is 1. The highest BCUT2D eigenvalue weighted by molar-refractivity contribution is 5.87. The Balaban J connectivity index is 2.60. The number of amides is 2. The largest absolute Gasteiger partial charge is 0.480 e. The van der Waals surface area contributed by atoms with Crippen LogP contribution in [0.1, 0.15) is 18.4 Å². The van der Waals surface area contributed by atoms with Crippen LogP contribution in [0.2, 0.25) is 0 Å². The van der Waals surface area contributed by atoms with E-state index >= 15 is 0 Å². The number of carbonyl (C=O) groups excluding carboxylic acids is 2. The van der Waals surface area contributed by atoms with E-state index in [1.807, 2.05) is 6.07 Å². The topological polar surface area (TPSA) is 136 Å². The monoisotopic (exact) mass is 293 g/mol. The first kappa shape index (κ1) is 16.6. The van der Waals surface area contributed by atoms with Crippen molar-refractivity contribution >= 4 is 17.8 Å². The number of rotatable bonds is 8. The highest BCUT2D eigenvalue weighted by Gasteiger charge is 2.23. The Hall–Kier alpha value is -2.41. The van der Waals surface area contributed by atoms with Crippen molar-refractivity contribution in [2.45, 2.75) is 31.3 Å². The Bertz CT molecular complexity index is 504.